The van der Waals surface area contributed by atoms with Crippen LogP contribution in [0, 0.1) is 22.0 Å². The lowest BCUT2D eigenvalue weighted by atomic mass is 10.4. The summed E-state index contributed by atoms with van der Waals surface area (Å²) >= 11 is 0.934. The Kier molecular flexibility index (Phi) is 4.42. The second-order valence-electron chi connectivity index (χ2n) is 2.80. The van der Waals surface area contributed by atoms with Gasteiger partial charge < -0.3 is 5.32 Å². The molecule has 0 aromatic carbocycles. The van der Waals surface area contributed by atoms with Crippen molar-refractivity contribution in [2.75, 3.05) is 6.54 Å². The number of hydrogen-bond acceptors (Lipinski definition) is 5. The van der Waals surface area contributed by atoms with Gasteiger partial charge in [0.1, 0.15) is 6.20 Å². The first kappa shape index (κ1) is 12.1. The van der Waals surface area contributed by atoms with Gasteiger partial charge in [-0.1, -0.05) is 5.92 Å². The van der Waals surface area contributed by atoms with E-state index < -0.39 is 4.92 Å². The van der Waals surface area contributed by atoms with Crippen LogP contribution in [0.3, 0.4) is 0 Å². The van der Waals surface area contributed by atoms with E-state index in [0.29, 0.717) is 18.0 Å². The van der Waals surface area contributed by atoms with Crippen LogP contribution in [0.15, 0.2) is 6.20 Å². The van der Waals surface area contributed by atoms with E-state index >= 15 is 0 Å². The number of thiazole rings is 1. The van der Waals surface area contributed by atoms with Crippen LogP contribution in [0.2, 0.25) is 0 Å². The Hall–Kier alpha value is -1.94. The van der Waals surface area contributed by atoms with Gasteiger partial charge in [-0.15, -0.1) is 0 Å². The van der Waals surface area contributed by atoms with Crippen molar-refractivity contribution >= 4 is 22.2 Å². The smallest absolute Gasteiger partial charge is 0.344 e. The Morgan fingerprint density at radius 2 is 2.50 bits per heavy atom. The molecule has 16 heavy (non-hydrogen) atoms. The molecule has 1 aromatic rings. The maximum absolute atomic E-state index is 10.5. The molecule has 1 amide bonds. The summed E-state index contributed by atoms with van der Waals surface area (Å²) < 4.78 is 0. The van der Waals surface area contributed by atoms with Gasteiger partial charge in [-0.2, -0.15) is 0 Å². The third-order valence-corrected chi connectivity index (χ3v) is 2.36. The van der Waals surface area contributed by atoms with Crippen LogP contribution >= 0.6 is 11.3 Å². The molecule has 0 radical (unpaired) electrons. The third kappa shape index (κ3) is 4.06. The van der Waals surface area contributed by atoms with Crippen molar-refractivity contribution in [3.8, 4) is 11.8 Å². The van der Waals surface area contributed by atoms with Gasteiger partial charge in [0, 0.05) is 19.9 Å². The number of amides is 1. The number of nitro groups is 1. The molecule has 0 bridgehead atoms. The molecule has 0 spiro atoms. The monoisotopic (exact) mass is 239 g/mol. The predicted molar refractivity (Wildman–Crippen MR) is 58.9 cm³/mol. The van der Waals surface area contributed by atoms with Crippen molar-refractivity contribution in [3.05, 3.63) is 21.3 Å². The molecule has 1 aromatic heterocycles. The van der Waals surface area contributed by atoms with Crippen LogP contribution in [-0.2, 0) is 4.79 Å². The molecule has 0 aliphatic carbocycles. The van der Waals surface area contributed by atoms with Crippen molar-refractivity contribution in [3.63, 3.8) is 0 Å². The molecule has 7 heteroatoms. The predicted octanol–water partition coefficient (Wildman–Crippen LogP) is 0.929. The van der Waals surface area contributed by atoms with Gasteiger partial charge in [0.25, 0.3) is 0 Å². The number of aromatic nitrogens is 1. The zero-order valence-corrected chi connectivity index (χ0v) is 9.34. The largest absolute Gasteiger partial charge is 0.355 e. The molecule has 1 heterocycles. The van der Waals surface area contributed by atoms with E-state index in [9.17, 15) is 14.9 Å². The highest BCUT2D eigenvalue weighted by Crippen LogP contribution is 2.19. The molecule has 84 valence electrons. The molecule has 6 nitrogen and oxygen atoms in total. The summed E-state index contributed by atoms with van der Waals surface area (Å²) in [5, 5.41) is 13.3. The molecular formula is C9H9N3O3S. The summed E-state index contributed by atoms with van der Waals surface area (Å²) in [4.78, 5) is 24.1. The molecule has 0 saturated heterocycles. The second-order valence-corrected chi connectivity index (χ2v) is 3.80. The summed E-state index contributed by atoms with van der Waals surface area (Å²) in [5.41, 5.74) is 0. The number of carbonyl (C=O) groups excluding carboxylic acids is 1. The van der Waals surface area contributed by atoms with E-state index in [-0.39, 0.29) is 10.9 Å². The molecule has 0 aliphatic heterocycles. The highest BCUT2D eigenvalue weighted by Gasteiger charge is 2.09. The van der Waals surface area contributed by atoms with Crippen LogP contribution in [0.25, 0.3) is 0 Å². The summed E-state index contributed by atoms with van der Waals surface area (Å²) in [7, 11) is 0. The average Bonchev–Trinajstić information content (AvgIpc) is 2.65. The summed E-state index contributed by atoms with van der Waals surface area (Å²) in [6.45, 7) is 1.90. The lowest BCUT2D eigenvalue weighted by Gasteiger charge is -1.93. The molecule has 1 rings (SSSR count). The Morgan fingerprint density at radius 3 is 3.06 bits per heavy atom. The lowest BCUT2D eigenvalue weighted by molar-refractivity contribution is -0.380. The fraction of sp³-hybridized carbons (Fsp3) is 0.333. The number of hydrogen-bond donors (Lipinski definition) is 1. The van der Waals surface area contributed by atoms with Crippen molar-refractivity contribution in [2.24, 2.45) is 0 Å². The van der Waals surface area contributed by atoms with Gasteiger partial charge in [-0.05, 0) is 17.3 Å². The average molecular weight is 239 g/mol. The zero-order chi connectivity index (χ0) is 12.0. The van der Waals surface area contributed by atoms with Crippen LogP contribution < -0.4 is 5.32 Å². The maximum atomic E-state index is 10.5. The van der Waals surface area contributed by atoms with Crippen LogP contribution in [0.5, 0.6) is 0 Å². The Labute approximate surface area is 95.8 Å². The van der Waals surface area contributed by atoms with Gasteiger partial charge in [0.05, 0.1) is 4.92 Å². The van der Waals surface area contributed by atoms with E-state index in [1.807, 2.05) is 0 Å². The van der Waals surface area contributed by atoms with Gasteiger partial charge in [0.15, 0.2) is 5.01 Å². The van der Waals surface area contributed by atoms with Gasteiger partial charge in [0.2, 0.25) is 5.91 Å². The molecule has 0 saturated carbocycles. The van der Waals surface area contributed by atoms with Crippen molar-refractivity contribution < 1.29 is 9.72 Å². The van der Waals surface area contributed by atoms with E-state index in [1.165, 1.54) is 13.1 Å². The van der Waals surface area contributed by atoms with E-state index in [1.54, 1.807) is 0 Å². The molecule has 0 fully saturated rings. The van der Waals surface area contributed by atoms with Crippen LogP contribution in [-0.4, -0.2) is 22.4 Å². The second kappa shape index (κ2) is 5.82. The minimum absolute atomic E-state index is 0.0221. The van der Waals surface area contributed by atoms with E-state index in [2.05, 4.69) is 22.1 Å². The topological polar surface area (TPSA) is 85.1 Å². The molecule has 1 N–H and O–H groups in total. The number of nitrogens with zero attached hydrogens (tertiary/aromatic N) is 2. The van der Waals surface area contributed by atoms with Gasteiger partial charge in [-0.25, -0.2) is 4.98 Å². The Balaban J connectivity index is 2.44. The standard InChI is InChI=1S/C9H9N3O3S/c1-7(13)10-5-3-2-4-8-11-6-9(16-8)12(14)15/h6H,3,5H2,1H3,(H,10,13). The molecule has 0 atom stereocenters. The first-order valence-electron chi connectivity index (χ1n) is 4.43. The first-order valence-corrected chi connectivity index (χ1v) is 5.25. The highest BCUT2D eigenvalue weighted by molar-refractivity contribution is 7.15. The SMILES string of the molecule is CC(=O)NCCC#Cc1ncc([N+](=O)[O-])s1. The summed E-state index contributed by atoms with van der Waals surface area (Å²) in [5.74, 6) is 5.36. The summed E-state index contributed by atoms with van der Waals surface area (Å²) in [6, 6.07) is 0. The van der Waals surface area contributed by atoms with Crippen molar-refractivity contribution in [1.82, 2.24) is 10.3 Å². The van der Waals surface area contributed by atoms with E-state index in [4.69, 9.17) is 0 Å². The first-order chi connectivity index (χ1) is 7.59. The van der Waals surface area contributed by atoms with Crippen molar-refractivity contribution in [1.29, 1.82) is 0 Å². The zero-order valence-electron chi connectivity index (χ0n) is 8.52. The highest BCUT2D eigenvalue weighted by atomic mass is 32.1. The Bertz CT molecular complexity index is 458. The van der Waals surface area contributed by atoms with E-state index in [0.717, 1.165) is 11.3 Å². The normalized spacial score (nSPS) is 9.06. The molecular weight excluding hydrogens is 230 g/mol. The third-order valence-electron chi connectivity index (χ3n) is 1.49. The number of carbonyl (C=O) groups is 1. The number of rotatable bonds is 3. The lowest BCUT2D eigenvalue weighted by Crippen LogP contribution is -2.20. The van der Waals surface area contributed by atoms with Crippen LogP contribution in [0.1, 0.15) is 18.4 Å². The van der Waals surface area contributed by atoms with Gasteiger partial charge in [-0.3, -0.25) is 14.9 Å². The molecule has 0 unspecified atom stereocenters. The van der Waals surface area contributed by atoms with Gasteiger partial charge >= 0.3 is 5.00 Å². The maximum Gasteiger partial charge on any atom is 0.344 e. The summed E-state index contributed by atoms with van der Waals surface area (Å²) in [6.07, 6.45) is 1.68. The fourth-order valence-electron chi connectivity index (χ4n) is 0.847. The van der Waals surface area contributed by atoms with Crippen molar-refractivity contribution in [2.45, 2.75) is 13.3 Å². The quantitative estimate of drug-likeness (QED) is 0.368. The minimum atomic E-state index is -0.500. The number of nitrogens with one attached hydrogen (secondary N) is 1. The molecule has 0 aliphatic rings. The van der Waals surface area contributed by atoms with Crippen LogP contribution in [0.4, 0.5) is 5.00 Å². The fourth-order valence-corrected chi connectivity index (χ4v) is 1.45. The minimum Gasteiger partial charge on any atom is -0.355 e. The Morgan fingerprint density at radius 1 is 1.75 bits per heavy atom.